The van der Waals surface area contributed by atoms with Crippen LogP contribution in [0.1, 0.15) is 47.7 Å². The lowest BCUT2D eigenvalue weighted by Crippen LogP contribution is -2.33. The van der Waals surface area contributed by atoms with E-state index in [4.69, 9.17) is 0 Å². The molecule has 39 heavy (non-hydrogen) atoms. The van der Waals surface area contributed by atoms with Crippen LogP contribution < -0.4 is 4.74 Å². The number of hydrogen-bond acceptors (Lipinski definition) is 3. The monoisotopic (exact) mass is 533 g/mol. The third-order valence-electron chi connectivity index (χ3n) is 6.64. The van der Waals surface area contributed by atoms with Crippen molar-refractivity contribution in [3.05, 3.63) is 125 Å². The molecule has 0 saturated heterocycles. The summed E-state index contributed by atoms with van der Waals surface area (Å²) in [4.78, 5) is 14.3. The highest BCUT2D eigenvalue weighted by Gasteiger charge is 2.31. The molecule has 0 saturated carbocycles. The Morgan fingerprint density at radius 1 is 0.846 bits per heavy atom. The Labute approximate surface area is 226 Å². The van der Waals surface area contributed by atoms with Gasteiger partial charge in [0.15, 0.2) is 0 Å². The predicted octanol–water partition coefficient (Wildman–Crippen LogP) is 8.34. The molecule has 4 aromatic carbocycles. The number of nitrogens with zero attached hydrogens (tertiary/aromatic N) is 1. The molecule has 0 radical (unpaired) electrons. The highest BCUT2D eigenvalue weighted by atomic mass is 19.4. The van der Waals surface area contributed by atoms with Gasteiger partial charge in [0.2, 0.25) is 0 Å². The van der Waals surface area contributed by atoms with E-state index in [1.807, 2.05) is 85.8 Å². The van der Waals surface area contributed by atoms with Crippen molar-refractivity contribution in [1.82, 2.24) is 4.90 Å². The van der Waals surface area contributed by atoms with Gasteiger partial charge in [0.05, 0.1) is 6.42 Å². The zero-order chi connectivity index (χ0) is 28.0. The Kier molecular flexibility index (Phi) is 8.72. The first kappa shape index (κ1) is 27.9. The number of hydrogen-bond donors (Lipinski definition) is 1. The molecule has 0 aromatic heterocycles. The van der Waals surface area contributed by atoms with Crippen LogP contribution in [0.25, 0.3) is 11.1 Å². The van der Waals surface area contributed by atoms with Crippen molar-refractivity contribution < 1.29 is 27.8 Å². The summed E-state index contributed by atoms with van der Waals surface area (Å²) in [6.07, 6.45) is -4.95. The molecule has 0 spiro atoms. The highest BCUT2D eigenvalue weighted by molar-refractivity contribution is 5.70. The molecule has 0 aliphatic rings. The number of carbonyl (C=O) groups is 1. The maximum absolute atomic E-state index is 12.8. The summed E-state index contributed by atoms with van der Waals surface area (Å²) < 4.78 is 42.6. The number of aryl methyl sites for hydroxylation is 1. The molecule has 0 bridgehead atoms. The van der Waals surface area contributed by atoms with E-state index in [0.29, 0.717) is 17.7 Å². The Morgan fingerprint density at radius 2 is 1.51 bits per heavy atom. The van der Waals surface area contributed by atoms with Crippen molar-refractivity contribution in [2.24, 2.45) is 0 Å². The van der Waals surface area contributed by atoms with Gasteiger partial charge in [-0.2, -0.15) is 0 Å². The highest BCUT2D eigenvalue weighted by Crippen LogP contribution is 2.37. The van der Waals surface area contributed by atoms with Gasteiger partial charge in [-0.3, -0.25) is 9.69 Å². The second kappa shape index (κ2) is 12.2. The zero-order valence-corrected chi connectivity index (χ0v) is 21.7. The fourth-order valence-electron chi connectivity index (χ4n) is 4.87. The van der Waals surface area contributed by atoms with Crippen LogP contribution in [0.3, 0.4) is 0 Å². The Bertz CT molecular complexity index is 1390. The fourth-order valence-corrected chi connectivity index (χ4v) is 4.87. The molecule has 7 heteroatoms. The Balaban J connectivity index is 1.79. The number of alkyl halides is 3. The van der Waals surface area contributed by atoms with Crippen LogP contribution in [0.15, 0.2) is 103 Å². The molecule has 4 nitrogen and oxygen atoms in total. The van der Waals surface area contributed by atoms with E-state index in [1.165, 1.54) is 18.2 Å². The normalized spacial score (nSPS) is 13.2. The second-order valence-electron chi connectivity index (χ2n) is 9.57. The minimum Gasteiger partial charge on any atom is -0.481 e. The molecule has 0 heterocycles. The minimum atomic E-state index is -4.80. The average molecular weight is 534 g/mol. The van der Waals surface area contributed by atoms with Crippen LogP contribution in [-0.4, -0.2) is 22.3 Å². The van der Waals surface area contributed by atoms with Gasteiger partial charge in [-0.15, -0.1) is 13.2 Å². The van der Waals surface area contributed by atoms with Crippen LogP contribution in [0.2, 0.25) is 0 Å². The van der Waals surface area contributed by atoms with E-state index in [2.05, 4.69) is 16.6 Å². The van der Waals surface area contributed by atoms with E-state index in [9.17, 15) is 23.1 Å². The SMILES string of the molecule is Cc1cc(-c2cccc(OC(F)(F)F)c2)cc([C@H](CC(=O)O)N(Cc2ccccc2)[C@H](C)c2ccccc2)c1. The zero-order valence-electron chi connectivity index (χ0n) is 21.7. The lowest BCUT2D eigenvalue weighted by Gasteiger charge is -2.37. The third-order valence-corrected chi connectivity index (χ3v) is 6.64. The van der Waals surface area contributed by atoms with Crippen LogP contribution in [0.5, 0.6) is 5.75 Å². The van der Waals surface area contributed by atoms with Gasteiger partial charge >= 0.3 is 12.3 Å². The molecule has 2 atom stereocenters. The molecule has 0 aliphatic carbocycles. The molecule has 4 rings (SSSR count). The molecule has 202 valence electrons. The van der Waals surface area contributed by atoms with Gasteiger partial charge < -0.3 is 9.84 Å². The average Bonchev–Trinajstić information content (AvgIpc) is 2.90. The first-order valence-corrected chi connectivity index (χ1v) is 12.6. The molecule has 1 N–H and O–H groups in total. The number of carboxylic acids is 1. The predicted molar refractivity (Wildman–Crippen MR) is 145 cm³/mol. The fraction of sp³-hybridized carbons (Fsp3) is 0.219. The van der Waals surface area contributed by atoms with Gasteiger partial charge in [0.25, 0.3) is 0 Å². The summed E-state index contributed by atoms with van der Waals surface area (Å²) >= 11 is 0. The lowest BCUT2D eigenvalue weighted by atomic mass is 9.92. The number of benzene rings is 4. The van der Waals surface area contributed by atoms with Gasteiger partial charge in [0.1, 0.15) is 5.75 Å². The summed E-state index contributed by atoms with van der Waals surface area (Å²) in [5.74, 6) is -1.25. The van der Waals surface area contributed by atoms with Crippen molar-refractivity contribution >= 4 is 5.97 Å². The van der Waals surface area contributed by atoms with Crippen LogP contribution >= 0.6 is 0 Å². The number of carboxylic acid groups (broad SMARTS) is 1. The van der Waals surface area contributed by atoms with Crippen molar-refractivity contribution in [3.8, 4) is 16.9 Å². The van der Waals surface area contributed by atoms with E-state index < -0.39 is 18.4 Å². The maximum Gasteiger partial charge on any atom is 0.573 e. The van der Waals surface area contributed by atoms with Gasteiger partial charge in [-0.05, 0) is 59.9 Å². The number of halogens is 3. The smallest absolute Gasteiger partial charge is 0.481 e. The van der Waals surface area contributed by atoms with E-state index in [1.54, 1.807) is 6.07 Å². The molecule has 4 aromatic rings. The van der Waals surface area contributed by atoms with Crippen molar-refractivity contribution in [1.29, 1.82) is 0 Å². The molecule has 0 amide bonds. The topological polar surface area (TPSA) is 49.8 Å². The summed E-state index contributed by atoms with van der Waals surface area (Å²) in [5.41, 5.74) is 4.95. The standard InChI is InChI=1S/C32H30F3NO3/c1-22-16-27(26-14-9-15-29(19-26)39-32(33,34)35)18-28(17-22)30(20-31(37)38)36(21-24-10-5-3-6-11-24)23(2)25-12-7-4-8-13-25/h3-19,23,30H,20-21H2,1-2H3,(H,37,38)/t23-,30+/m1/s1. The first-order valence-electron chi connectivity index (χ1n) is 12.6. The summed E-state index contributed by atoms with van der Waals surface area (Å²) in [5, 5.41) is 9.96. The van der Waals surface area contributed by atoms with Gasteiger partial charge in [-0.25, -0.2) is 0 Å². The maximum atomic E-state index is 12.8. The quantitative estimate of drug-likeness (QED) is 0.223. The summed E-state index contributed by atoms with van der Waals surface area (Å²) in [6.45, 7) is 4.46. The van der Waals surface area contributed by atoms with Crippen LogP contribution in [-0.2, 0) is 11.3 Å². The van der Waals surface area contributed by atoms with Crippen LogP contribution in [0, 0.1) is 6.92 Å². The largest absolute Gasteiger partial charge is 0.573 e. The lowest BCUT2D eigenvalue weighted by molar-refractivity contribution is -0.274. The second-order valence-corrected chi connectivity index (χ2v) is 9.57. The first-order chi connectivity index (χ1) is 18.6. The molecular weight excluding hydrogens is 503 g/mol. The Morgan fingerprint density at radius 3 is 2.15 bits per heavy atom. The van der Waals surface area contributed by atoms with E-state index in [0.717, 1.165) is 22.3 Å². The van der Waals surface area contributed by atoms with E-state index in [-0.39, 0.29) is 18.2 Å². The third kappa shape index (κ3) is 7.71. The number of aliphatic carboxylic acids is 1. The van der Waals surface area contributed by atoms with Crippen LogP contribution in [0.4, 0.5) is 13.2 Å². The van der Waals surface area contributed by atoms with Gasteiger partial charge in [-0.1, -0.05) is 90.5 Å². The minimum absolute atomic E-state index is 0.122. The van der Waals surface area contributed by atoms with Gasteiger partial charge in [0, 0.05) is 18.6 Å². The molecule has 0 unspecified atom stereocenters. The molecule has 0 fully saturated rings. The number of rotatable bonds is 10. The Hall–Kier alpha value is -4.10. The van der Waals surface area contributed by atoms with Crippen molar-refractivity contribution in [2.75, 3.05) is 0 Å². The summed E-state index contributed by atoms with van der Waals surface area (Å²) in [7, 11) is 0. The molecular formula is C32H30F3NO3. The van der Waals surface area contributed by atoms with Crippen molar-refractivity contribution in [3.63, 3.8) is 0 Å². The van der Waals surface area contributed by atoms with Crippen molar-refractivity contribution in [2.45, 2.75) is 45.3 Å². The van der Waals surface area contributed by atoms with E-state index >= 15 is 0 Å². The number of ether oxygens (including phenoxy) is 1. The summed E-state index contributed by atoms with van der Waals surface area (Å²) in [6, 6.07) is 30.6. The molecule has 0 aliphatic heterocycles.